The maximum Gasteiger partial charge on any atom is 0.223 e. The van der Waals surface area contributed by atoms with Gasteiger partial charge in [-0.05, 0) is 11.5 Å². The zero-order chi connectivity index (χ0) is 18.8. The van der Waals surface area contributed by atoms with Crippen LogP contribution in [-0.2, 0) is 24.3 Å². The Hall–Kier alpha value is -2.89. The number of amides is 1. The Balaban J connectivity index is 1.68. The molecule has 1 aliphatic rings. The van der Waals surface area contributed by atoms with Gasteiger partial charge in [-0.1, -0.05) is 44.2 Å². The first-order valence-electron chi connectivity index (χ1n) is 9.52. The fourth-order valence-electron chi connectivity index (χ4n) is 3.65. The van der Waals surface area contributed by atoms with Crippen molar-refractivity contribution in [2.24, 2.45) is 5.92 Å². The Bertz CT molecular complexity index is 912. The van der Waals surface area contributed by atoms with Gasteiger partial charge < -0.3 is 9.88 Å². The third-order valence-electron chi connectivity index (χ3n) is 4.97. The summed E-state index contributed by atoms with van der Waals surface area (Å²) in [5.41, 5.74) is 4.39. The fraction of sp³-hybridized carbons (Fsp3) is 0.381. The van der Waals surface area contributed by atoms with Gasteiger partial charge in [-0.15, -0.1) is 0 Å². The van der Waals surface area contributed by atoms with Crippen LogP contribution in [0.15, 0.2) is 42.7 Å². The summed E-state index contributed by atoms with van der Waals surface area (Å²) in [6.45, 7) is 6.24. The number of rotatable bonds is 5. The second-order valence-electron chi connectivity index (χ2n) is 7.52. The Labute approximate surface area is 159 Å². The molecule has 1 N–H and O–H groups in total. The molecule has 0 saturated heterocycles. The van der Waals surface area contributed by atoms with E-state index in [-0.39, 0.29) is 5.91 Å². The van der Waals surface area contributed by atoms with Crippen molar-refractivity contribution in [1.82, 2.24) is 24.6 Å². The SMILES string of the molecule is CC(C)CC(=O)N1CCc2c(c(-c3ncc[nH]3)nn2Cc2ccccc2)C1. The van der Waals surface area contributed by atoms with Crippen molar-refractivity contribution in [3.05, 3.63) is 59.5 Å². The molecule has 0 unspecified atom stereocenters. The zero-order valence-corrected chi connectivity index (χ0v) is 15.9. The lowest BCUT2D eigenvalue weighted by molar-refractivity contribution is -0.132. The summed E-state index contributed by atoms with van der Waals surface area (Å²) in [7, 11) is 0. The smallest absolute Gasteiger partial charge is 0.223 e. The second kappa shape index (κ2) is 7.39. The van der Waals surface area contributed by atoms with Crippen molar-refractivity contribution in [2.75, 3.05) is 6.54 Å². The van der Waals surface area contributed by atoms with Crippen LogP contribution in [0.2, 0.25) is 0 Å². The first kappa shape index (κ1) is 17.5. The number of hydrogen-bond acceptors (Lipinski definition) is 3. The van der Waals surface area contributed by atoms with Crippen LogP contribution in [0, 0.1) is 5.92 Å². The minimum absolute atomic E-state index is 0.219. The minimum Gasteiger partial charge on any atom is -0.343 e. The van der Waals surface area contributed by atoms with Gasteiger partial charge in [0.25, 0.3) is 0 Å². The quantitative estimate of drug-likeness (QED) is 0.757. The molecular formula is C21H25N5O. The molecular weight excluding hydrogens is 338 g/mol. The molecule has 1 aliphatic heterocycles. The monoisotopic (exact) mass is 363 g/mol. The Morgan fingerprint density at radius 2 is 2.07 bits per heavy atom. The number of fused-ring (bicyclic) bond motifs is 1. The molecule has 0 bridgehead atoms. The summed E-state index contributed by atoms with van der Waals surface area (Å²) in [5, 5.41) is 4.87. The molecule has 140 valence electrons. The van der Waals surface area contributed by atoms with Gasteiger partial charge in [0.1, 0.15) is 5.69 Å². The highest BCUT2D eigenvalue weighted by atomic mass is 16.2. The van der Waals surface area contributed by atoms with Gasteiger partial charge in [0.05, 0.1) is 6.54 Å². The number of aromatic amines is 1. The van der Waals surface area contributed by atoms with Gasteiger partial charge in [0.2, 0.25) is 5.91 Å². The van der Waals surface area contributed by atoms with Gasteiger partial charge in [-0.3, -0.25) is 9.48 Å². The average molecular weight is 363 g/mol. The van der Waals surface area contributed by atoms with Crippen molar-refractivity contribution < 1.29 is 4.79 Å². The van der Waals surface area contributed by atoms with Gasteiger partial charge >= 0.3 is 0 Å². The predicted octanol–water partition coefficient (Wildman–Crippen LogP) is 3.25. The molecule has 6 heteroatoms. The Morgan fingerprint density at radius 1 is 1.26 bits per heavy atom. The summed E-state index contributed by atoms with van der Waals surface area (Å²) >= 11 is 0. The van der Waals surface area contributed by atoms with Crippen LogP contribution in [0.1, 0.15) is 37.1 Å². The van der Waals surface area contributed by atoms with Crippen molar-refractivity contribution in [1.29, 1.82) is 0 Å². The van der Waals surface area contributed by atoms with E-state index in [0.717, 1.165) is 36.6 Å². The summed E-state index contributed by atoms with van der Waals surface area (Å²) in [6, 6.07) is 10.3. The first-order chi connectivity index (χ1) is 13.1. The number of hydrogen-bond donors (Lipinski definition) is 1. The summed E-state index contributed by atoms with van der Waals surface area (Å²) in [5.74, 6) is 1.34. The molecule has 1 aromatic carbocycles. The van der Waals surface area contributed by atoms with E-state index in [1.165, 1.54) is 11.3 Å². The predicted molar refractivity (Wildman–Crippen MR) is 104 cm³/mol. The molecule has 0 spiro atoms. The third-order valence-corrected chi connectivity index (χ3v) is 4.97. The molecule has 0 atom stereocenters. The molecule has 6 nitrogen and oxygen atoms in total. The number of aromatic nitrogens is 4. The van der Waals surface area contributed by atoms with Crippen LogP contribution in [0.4, 0.5) is 0 Å². The lowest BCUT2D eigenvalue weighted by Crippen LogP contribution is -2.37. The molecule has 3 heterocycles. The number of nitrogens with zero attached hydrogens (tertiary/aromatic N) is 4. The number of carbonyl (C=O) groups excluding carboxylic acids is 1. The molecule has 27 heavy (non-hydrogen) atoms. The number of carbonyl (C=O) groups is 1. The van der Waals surface area contributed by atoms with Crippen molar-refractivity contribution in [2.45, 2.75) is 39.8 Å². The highest BCUT2D eigenvalue weighted by molar-refractivity contribution is 5.77. The van der Waals surface area contributed by atoms with E-state index in [2.05, 4.69) is 40.6 Å². The van der Waals surface area contributed by atoms with Crippen molar-refractivity contribution >= 4 is 5.91 Å². The number of imidazole rings is 1. The van der Waals surface area contributed by atoms with Crippen LogP contribution in [0.3, 0.4) is 0 Å². The van der Waals surface area contributed by atoms with Crippen molar-refractivity contribution in [3.63, 3.8) is 0 Å². The summed E-state index contributed by atoms with van der Waals surface area (Å²) in [4.78, 5) is 22.1. The Kier molecular flexibility index (Phi) is 4.79. The number of H-pyrrole nitrogens is 1. The van der Waals surface area contributed by atoms with Crippen LogP contribution in [0.5, 0.6) is 0 Å². The van der Waals surface area contributed by atoms with E-state index in [1.807, 2.05) is 29.3 Å². The van der Waals surface area contributed by atoms with E-state index in [9.17, 15) is 4.79 Å². The van der Waals surface area contributed by atoms with E-state index >= 15 is 0 Å². The number of benzene rings is 1. The second-order valence-corrected chi connectivity index (χ2v) is 7.52. The third kappa shape index (κ3) is 3.65. The largest absolute Gasteiger partial charge is 0.343 e. The lowest BCUT2D eigenvalue weighted by atomic mass is 10.0. The van der Waals surface area contributed by atoms with Gasteiger partial charge in [-0.2, -0.15) is 5.10 Å². The van der Waals surface area contributed by atoms with Crippen LogP contribution in [-0.4, -0.2) is 37.1 Å². The lowest BCUT2D eigenvalue weighted by Gasteiger charge is -2.28. The molecule has 4 rings (SSSR count). The van der Waals surface area contributed by atoms with E-state index in [0.29, 0.717) is 18.9 Å². The highest BCUT2D eigenvalue weighted by Gasteiger charge is 2.29. The minimum atomic E-state index is 0.219. The van der Waals surface area contributed by atoms with E-state index < -0.39 is 0 Å². The Morgan fingerprint density at radius 3 is 2.78 bits per heavy atom. The maximum absolute atomic E-state index is 12.6. The highest BCUT2D eigenvalue weighted by Crippen LogP contribution is 2.29. The maximum atomic E-state index is 12.6. The van der Waals surface area contributed by atoms with Gasteiger partial charge in [0, 0.05) is 49.6 Å². The van der Waals surface area contributed by atoms with E-state index in [4.69, 9.17) is 5.10 Å². The van der Waals surface area contributed by atoms with Crippen molar-refractivity contribution in [3.8, 4) is 11.5 Å². The molecule has 2 aromatic heterocycles. The average Bonchev–Trinajstić information content (AvgIpc) is 3.30. The number of nitrogens with one attached hydrogen (secondary N) is 1. The summed E-state index contributed by atoms with van der Waals surface area (Å²) < 4.78 is 2.08. The van der Waals surface area contributed by atoms with Gasteiger partial charge in [-0.25, -0.2) is 4.98 Å². The summed E-state index contributed by atoms with van der Waals surface area (Å²) in [6.07, 6.45) is 4.95. The molecule has 0 aliphatic carbocycles. The molecule has 0 radical (unpaired) electrons. The molecule has 0 fully saturated rings. The molecule has 1 amide bonds. The fourth-order valence-corrected chi connectivity index (χ4v) is 3.65. The zero-order valence-electron chi connectivity index (χ0n) is 15.9. The van der Waals surface area contributed by atoms with Crippen LogP contribution in [0.25, 0.3) is 11.5 Å². The normalized spacial score (nSPS) is 13.8. The van der Waals surface area contributed by atoms with Crippen LogP contribution >= 0.6 is 0 Å². The van der Waals surface area contributed by atoms with E-state index in [1.54, 1.807) is 6.20 Å². The van der Waals surface area contributed by atoms with Crippen LogP contribution < -0.4 is 0 Å². The van der Waals surface area contributed by atoms with Gasteiger partial charge in [0.15, 0.2) is 5.82 Å². The standard InChI is InChI=1S/C21H25N5O/c1-15(2)12-19(27)25-11-8-18-17(14-25)20(21-22-9-10-23-21)24-26(18)13-16-6-4-3-5-7-16/h3-7,9-10,15H,8,11-14H2,1-2H3,(H,22,23). The first-order valence-corrected chi connectivity index (χ1v) is 9.52. The molecule has 0 saturated carbocycles. The molecule has 3 aromatic rings. The topological polar surface area (TPSA) is 66.8 Å².